The standard InChI is InChI=1S/C11H14N2O2/c1-2-9(12)10(14)7-5-3-4-6-8(7)11(13)15/h3-6,9H,2,12H2,1H3,(H2,13,15). The van der Waals surface area contributed by atoms with Gasteiger partial charge in [0.1, 0.15) is 0 Å². The lowest BCUT2D eigenvalue weighted by atomic mass is 9.98. The van der Waals surface area contributed by atoms with Crippen LogP contribution in [0.3, 0.4) is 0 Å². The fourth-order valence-electron chi connectivity index (χ4n) is 1.30. The van der Waals surface area contributed by atoms with Gasteiger partial charge in [-0.25, -0.2) is 0 Å². The molecule has 0 saturated carbocycles. The molecule has 80 valence electrons. The number of nitrogens with two attached hydrogens (primary N) is 2. The highest BCUT2D eigenvalue weighted by Crippen LogP contribution is 2.11. The van der Waals surface area contributed by atoms with Gasteiger partial charge >= 0.3 is 0 Å². The predicted octanol–water partition coefficient (Wildman–Crippen LogP) is 0.706. The lowest BCUT2D eigenvalue weighted by molar-refractivity contribution is 0.0941. The second kappa shape index (κ2) is 4.70. The van der Waals surface area contributed by atoms with Crippen LogP contribution < -0.4 is 11.5 Å². The number of carbonyl (C=O) groups excluding carboxylic acids is 2. The second-order valence-corrected chi connectivity index (χ2v) is 3.29. The van der Waals surface area contributed by atoms with Crippen molar-refractivity contribution in [1.82, 2.24) is 0 Å². The van der Waals surface area contributed by atoms with Crippen molar-refractivity contribution in [2.45, 2.75) is 19.4 Å². The van der Waals surface area contributed by atoms with E-state index in [1.807, 2.05) is 6.92 Å². The van der Waals surface area contributed by atoms with Gasteiger partial charge < -0.3 is 11.5 Å². The van der Waals surface area contributed by atoms with Crippen LogP contribution in [0.15, 0.2) is 24.3 Å². The number of hydrogen-bond donors (Lipinski definition) is 2. The number of benzene rings is 1. The Bertz CT molecular complexity index is 388. The molecule has 0 saturated heterocycles. The smallest absolute Gasteiger partial charge is 0.249 e. The molecule has 0 aliphatic heterocycles. The van der Waals surface area contributed by atoms with Crippen LogP contribution in [0.4, 0.5) is 0 Å². The second-order valence-electron chi connectivity index (χ2n) is 3.29. The van der Waals surface area contributed by atoms with Gasteiger partial charge in [-0.1, -0.05) is 25.1 Å². The summed E-state index contributed by atoms with van der Waals surface area (Å²) in [6.07, 6.45) is 0.534. The molecule has 0 spiro atoms. The van der Waals surface area contributed by atoms with Crippen molar-refractivity contribution in [3.05, 3.63) is 35.4 Å². The highest BCUT2D eigenvalue weighted by Gasteiger charge is 2.18. The average molecular weight is 206 g/mol. The summed E-state index contributed by atoms with van der Waals surface area (Å²) in [6.45, 7) is 1.81. The first kappa shape index (κ1) is 11.4. The van der Waals surface area contributed by atoms with E-state index in [2.05, 4.69) is 0 Å². The minimum Gasteiger partial charge on any atom is -0.366 e. The highest BCUT2D eigenvalue weighted by molar-refractivity contribution is 6.09. The monoisotopic (exact) mass is 206 g/mol. The molecule has 1 amide bonds. The quantitative estimate of drug-likeness (QED) is 0.711. The van der Waals surface area contributed by atoms with E-state index in [0.717, 1.165) is 0 Å². The molecule has 15 heavy (non-hydrogen) atoms. The summed E-state index contributed by atoms with van der Waals surface area (Å²) in [6, 6.07) is 5.86. The van der Waals surface area contributed by atoms with Crippen molar-refractivity contribution >= 4 is 11.7 Å². The van der Waals surface area contributed by atoms with E-state index in [-0.39, 0.29) is 11.3 Å². The Balaban J connectivity index is 3.13. The Morgan fingerprint density at radius 1 is 1.27 bits per heavy atom. The van der Waals surface area contributed by atoms with Gasteiger partial charge in [0.25, 0.3) is 0 Å². The van der Waals surface area contributed by atoms with E-state index >= 15 is 0 Å². The first-order valence-corrected chi connectivity index (χ1v) is 4.76. The lowest BCUT2D eigenvalue weighted by Crippen LogP contribution is -2.31. The Morgan fingerprint density at radius 3 is 2.27 bits per heavy atom. The van der Waals surface area contributed by atoms with Gasteiger partial charge in [0.05, 0.1) is 6.04 Å². The topological polar surface area (TPSA) is 86.2 Å². The predicted molar refractivity (Wildman–Crippen MR) is 57.6 cm³/mol. The number of rotatable bonds is 4. The van der Waals surface area contributed by atoms with Crippen molar-refractivity contribution in [2.75, 3.05) is 0 Å². The Hall–Kier alpha value is -1.68. The zero-order valence-corrected chi connectivity index (χ0v) is 8.57. The molecule has 1 unspecified atom stereocenters. The maximum atomic E-state index is 11.8. The Morgan fingerprint density at radius 2 is 1.80 bits per heavy atom. The van der Waals surface area contributed by atoms with E-state index in [1.54, 1.807) is 18.2 Å². The molecule has 0 aliphatic carbocycles. The third kappa shape index (κ3) is 2.41. The van der Waals surface area contributed by atoms with Crippen LogP contribution in [-0.4, -0.2) is 17.7 Å². The minimum absolute atomic E-state index is 0.228. The van der Waals surface area contributed by atoms with Crippen molar-refractivity contribution < 1.29 is 9.59 Å². The molecule has 1 atom stereocenters. The normalized spacial score (nSPS) is 12.1. The van der Waals surface area contributed by atoms with Crippen LogP contribution in [0.25, 0.3) is 0 Å². The summed E-state index contributed by atoms with van der Waals surface area (Å²) in [7, 11) is 0. The number of carbonyl (C=O) groups is 2. The molecule has 0 bridgehead atoms. The lowest BCUT2D eigenvalue weighted by Gasteiger charge is -2.09. The van der Waals surface area contributed by atoms with Gasteiger partial charge in [-0.2, -0.15) is 0 Å². The molecule has 1 rings (SSSR count). The van der Waals surface area contributed by atoms with Gasteiger partial charge in [0.2, 0.25) is 5.91 Å². The molecular formula is C11H14N2O2. The van der Waals surface area contributed by atoms with Crippen LogP contribution >= 0.6 is 0 Å². The van der Waals surface area contributed by atoms with E-state index in [9.17, 15) is 9.59 Å². The van der Waals surface area contributed by atoms with Crippen LogP contribution in [-0.2, 0) is 0 Å². The number of Topliss-reactive ketones (excluding diaryl/α,β-unsaturated/α-hetero) is 1. The summed E-state index contributed by atoms with van der Waals surface area (Å²) in [5, 5.41) is 0. The largest absolute Gasteiger partial charge is 0.366 e. The van der Waals surface area contributed by atoms with Gasteiger partial charge in [0, 0.05) is 11.1 Å². The van der Waals surface area contributed by atoms with Crippen molar-refractivity contribution in [2.24, 2.45) is 11.5 Å². The highest BCUT2D eigenvalue weighted by atomic mass is 16.1. The van der Waals surface area contributed by atoms with Crippen molar-refractivity contribution in [3.63, 3.8) is 0 Å². The third-order valence-corrected chi connectivity index (χ3v) is 2.23. The maximum absolute atomic E-state index is 11.8. The van der Waals surface area contributed by atoms with Gasteiger partial charge in [-0.05, 0) is 12.5 Å². The summed E-state index contributed by atoms with van der Waals surface area (Å²) in [4.78, 5) is 22.8. The van der Waals surface area contributed by atoms with Crippen molar-refractivity contribution in [1.29, 1.82) is 0 Å². The van der Waals surface area contributed by atoms with Crippen LogP contribution in [0.1, 0.15) is 34.1 Å². The van der Waals surface area contributed by atoms with E-state index in [1.165, 1.54) is 6.07 Å². The van der Waals surface area contributed by atoms with Crippen molar-refractivity contribution in [3.8, 4) is 0 Å². The van der Waals surface area contributed by atoms with Crippen LogP contribution in [0.2, 0.25) is 0 Å². The van der Waals surface area contributed by atoms with Gasteiger partial charge in [0.15, 0.2) is 5.78 Å². The van der Waals surface area contributed by atoms with Gasteiger partial charge in [-0.15, -0.1) is 0 Å². The summed E-state index contributed by atoms with van der Waals surface area (Å²) in [5.74, 6) is -0.853. The first-order valence-electron chi connectivity index (χ1n) is 4.76. The molecule has 0 aliphatic rings. The number of hydrogen-bond acceptors (Lipinski definition) is 3. The molecule has 0 aromatic heterocycles. The minimum atomic E-state index is -0.609. The summed E-state index contributed by atoms with van der Waals surface area (Å²) >= 11 is 0. The summed E-state index contributed by atoms with van der Waals surface area (Å²) < 4.78 is 0. The number of amides is 1. The van der Waals surface area contributed by atoms with E-state index in [0.29, 0.717) is 12.0 Å². The maximum Gasteiger partial charge on any atom is 0.249 e. The van der Waals surface area contributed by atoms with Crippen LogP contribution in [0, 0.1) is 0 Å². The summed E-state index contributed by atoms with van der Waals surface area (Å²) in [5.41, 5.74) is 11.3. The Labute approximate surface area is 88.3 Å². The average Bonchev–Trinajstić information content (AvgIpc) is 2.27. The van der Waals surface area contributed by atoms with E-state index in [4.69, 9.17) is 11.5 Å². The fraction of sp³-hybridized carbons (Fsp3) is 0.273. The van der Waals surface area contributed by atoms with Gasteiger partial charge in [-0.3, -0.25) is 9.59 Å². The molecule has 1 aromatic carbocycles. The van der Waals surface area contributed by atoms with E-state index < -0.39 is 11.9 Å². The zero-order valence-electron chi connectivity index (χ0n) is 8.57. The molecular weight excluding hydrogens is 192 g/mol. The molecule has 4 heteroatoms. The fourth-order valence-corrected chi connectivity index (χ4v) is 1.30. The number of primary amides is 1. The Kier molecular flexibility index (Phi) is 3.57. The molecule has 0 heterocycles. The third-order valence-electron chi connectivity index (χ3n) is 2.23. The molecule has 4 N–H and O–H groups in total. The zero-order chi connectivity index (χ0) is 11.4. The molecule has 0 fully saturated rings. The molecule has 1 aromatic rings. The molecule has 4 nitrogen and oxygen atoms in total. The van der Waals surface area contributed by atoms with Crippen LogP contribution in [0.5, 0.6) is 0 Å². The SMILES string of the molecule is CCC(N)C(=O)c1ccccc1C(N)=O. The molecule has 0 radical (unpaired) electrons. The first-order chi connectivity index (χ1) is 7.07. The number of ketones is 1.